The fourth-order valence-corrected chi connectivity index (χ4v) is 2.89. The molecule has 1 aromatic carbocycles. The van der Waals surface area contributed by atoms with Gasteiger partial charge in [-0.25, -0.2) is 8.78 Å². The van der Waals surface area contributed by atoms with Crippen molar-refractivity contribution < 1.29 is 8.78 Å². The maximum atomic E-state index is 13.4. The summed E-state index contributed by atoms with van der Waals surface area (Å²) in [4.78, 5) is 4.23. The van der Waals surface area contributed by atoms with Gasteiger partial charge in [-0.1, -0.05) is 6.42 Å². The van der Waals surface area contributed by atoms with Gasteiger partial charge < -0.3 is 11.1 Å². The first-order valence-electron chi connectivity index (χ1n) is 6.12. The molecule has 0 aliphatic heterocycles. The van der Waals surface area contributed by atoms with Crippen LogP contribution in [0.4, 0.5) is 14.5 Å². The number of thioether (sulfide) groups is 1. The number of nitrogens with one attached hydrogen (secondary N) is 1. The Morgan fingerprint density at radius 2 is 2.21 bits per heavy atom. The molecule has 1 aliphatic carbocycles. The van der Waals surface area contributed by atoms with E-state index in [0.29, 0.717) is 6.54 Å². The highest BCUT2D eigenvalue weighted by Gasteiger charge is 2.35. The summed E-state index contributed by atoms with van der Waals surface area (Å²) in [7, 11) is 0. The summed E-state index contributed by atoms with van der Waals surface area (Å²) in [5.41, 5.74) is 5.71. The number of halogens is 2. The Morgan fingerprint density at radius 1 is 1.47 bits per heavy atom. The molecule has 19 heavy (non-hydrogen) atoms. The summed E-state index contributed by atoms with van der Waals surface area (Å²) in [6.07, 6.45) is 5.52. The summed E-state index contributed by atoms with van der Waals surface area (Å²) < 4.78 is 26.6. The van der Waals surface area contributed by atoms with Crippen molar-refractivity contribution in [1.82, 2.24) is 0 Å². The van der Waals surface area contributed by atoms with Crippen LogP contribution >= 0.6 is 11.8 Å². The number of rotatable bonds is 4. The molecule has 0 atom stereocenters. The van der Waals surface area contributed by atoms with E-state index in [1.807, 2.05) is 0 Å². The summed E-state index contributed by atoms with van der Waals surface area (Å²) in [5, 5.41) is 2.60. The van der Waals surface area contributed by atoms with Crippen LogP contribution in [0, 0.1) is 11.6 Å². The molecule has 0 unspecified atom stereocenters. The SMILES string of the molecule is CSC1(CN=C(N)Nc2cc(F)ccc2F)CCC1. The van der Waals surface area contributed by atoms with E-state index in [-0.39, 0.29) is 16.4 Å². The minimum atomic E-state index is -0.553. The molecule has 0 bridgehead atoms. The molecule has 104 valence electrons. The van der Waals surface area contributed by atoms with Gasteiger partial charge >= 0.3 is 0 Å². The Kier molecular flexibility index (Phi) is 4.29. The monoisotopic (exact) mass is 285 g/mol. The predicted octanol–water partition coefficient (Wildman–Crippen LogP) is 2.98. The fourth-order valence-electron chi connectivity index (χ4n) is 2.00. The van der Waals surface area contributed by atoms with Crippen molar-refractivity contribution in [1.29, 1.82) is 0 Å². The smallest absolute Gasteiger partial charge is 0.193 e. The van der Waals surface area contributed by atoms with E-state index in [2.05, 4.69) is 16.6 Å². The topological polar surface area (TPSA) is 50.4 Å². The van der Waals surface area contributed by atoms with Gasteiger partial charge in [0.1, 0.15) is 11.6 Å². The Bertz CT molecular complexity index is 481. The Labute approximate surface area is 115 Å². The molecular formula is C13H17F2N3S. The van der Waals surface area contributed by atoms with Crippen LogP contribution in [0.25, 0.3) is 0 Å². The van der Waals surface area contributed by atoms with Crippen LogP contribution in [0.15, 0.2) is 23.2 Å². The minimum Gasteiger partial charge on any atom is -0.370 e. The zero-order valence-corrected chi connectivity index (χ0v) is 11.6. The van der Waals surface area contributed by atoms with E-state index in [1.165, 1.54) is 6.42 Å². The van der Waals surface area contributed by atoms with E-state index in [1.54, 1.807) is 11.8 Å². The largest absolute Gasteiger partial charge is 0.370 e. The van der Waals surface area contributed by atoms with Crippen LogP contribution in [0.2, 0.25) is 0 Å². The van der Waals surface area contributed by atoms with Crippen molar-refractivity contribution in [2.75, 3.05) is 18.1 Å². The number of nitrogens with two attached hydrogens (primary N) is 1. The van der Waals surface area contributed by atoms with Crippen molar-refractivity contribution in [3.05, 3.63) is 29.8 Å². The molecule has 0 heterocycles. The number of aliphatic imine (C=N–C) groups is 1. The zero-order chi connectivity index (χ0) is 13.9. The third kappa shape index (κ3) is 3.37. The average Bonchev–Trinajstić information content (AvgIpc) is 2.33. The molecule has 1 aromatic rings. The molecule has 2 rings (SSSR count). The highest BCUT2D eigenvalue weighted by molar-refractivity contribution is 8.00. The lowest BCUT2D eigenvalue weighted by Crippen LogP contribution is -2.37. The highest BCUT2D eigenvalue weighted by Crippen LogP contribution is 2.42. The first kappa shape index (κ1) is 14.1. The van der Waals surface area contributed by atoms with Gasteiger partial charge in [-0.2, -0.15) is 11.8 Å². The molecule has 0 saturated heterocycles. The second-order valence-corrected chi connectivity index (χ2v) is 5.97. The summed E-state index contributed by atoms with van der Waals surface area (Å²) in [5.74, 6) is -0.955. The Balaban J connectivity index is 2.00. The average molecular weight is 285 g/mol. The lowest BCUT2D eigenvalue weighted by Gasteiger charge is -2.39. The normalized spacial score (nSPS) is 17.9. The summed E-state index contributed by atoms with van der Waals surface area (Å²) in [6.45, 7) is 0.601. The van der Waals surface area contributed by atoms with Crippen LogP contribution in [-0.4, -0.2) is 23.5 Å². The van der Waals surface area contributed by atoms with Gasteiger partial charge in [0.25, 0.3) is 0 Å². The van der Waals surface area contributed by atoms with Gasteiger partial charge in [0.05, 0.1) is 12.2 Å². The molecule has 3 N–H and O–H groups in total. The van der Waals surface area contributed by atoms with Gasteiger partial charge in [0.15, 0.2) is 5.96 Å². The number of hydrogen-bond acceptors (Lipinski definition) is 2. The maximum Gasteiger partial charge on any atom is 0.193 e. The van der Waals surface area contributed by atoms with Crippen LogP contribution in [-0.2, 0) is 0 Å². The van der Waals surface area contributed by atoms with Gasteiger partial charge in [0, 0.05) is 10.8 Å². The van der Waals surface area contributed by atoms with Crippen molar-refractivity contribution in [2.45, 2.75) is 24.0 Å². The Morgan fingerprint density at radius 3 is 2.79 bits per heavy atom. The maximum absolute atomic E-state index is 13.4. The van der Waals surface area contributed by atoms with Crippen molar-refractivity contribution in [3.8, 4) is 0 Å². The molecule has 6 heteroatoms. The first-order chi connectivity index (χ1) is 9.04. The third-order valence-corrected chi connectivity index (χ3v) is 4.83. The molecule has 1 fully saturated rings. The minimum absolute atomic E-state index is 0.00746. The van der Waals surface area contributed by atoms with Gasteiger partial charge in [0.2, 0.25) is 0 Å². The molecule has 0 spiro atoms. The summed E-state index contributed by atoms with van der Waals surface area (Å²) >= 11 is 1.79. The second-order valence-electron chi connectivity index (χ2n) is 4.69. The summed E-state index contributed by atoms with van der Waals surface area (Å²) in [6, 6.07) is 3.18. The van der Waals surface area contributed by atoms with Crippen molar-refractivity contribution in [3.63, 3.8) is 0 Å². The van der Waals surface area contributed by atoms with Gasteiger partial charge in [-0.3, -0.25) is 4.99 Å². The molecular weight excluding hydrogens is 268 g/mol. The van der Waals surface area contributed by atoms with E-state index < -0.39 is 11.6 Å². The molecule has 1 aliphatic rings. The number of benzene rings is 1. The molecule has 0 radical (unpaired) electrons. The number of hydrogen-bond donors (Lipinski definition) is 2. The molecule has 0 amide bonds. The van der Waals surface area contributed by atoms with Gasteiger partial charge in [-0.05, 0) is 31.2 Å². The van der Waals surface area contributed by atoms with E-state index >= 15 is 0 Å². The third-order valence-electron chi connectivity index (χ3n) is 3.43. The molecule has 0 aromatic heterocycles. The lowest BCUT2D eigenvalue weighted by molar-refractivity contribution is 0.372. The zero-order valence-electron chi connectivity index (χ0n) is 10.7. The van der Waals surface area contributed by atoms with Crippen LogP contribution in [0.3, 0.4) is 0 Å². The molecule has 3 nitrogen and oxygen atoms in total. The fraction of sp³-hybridized carbons (Fsp3) is 0.462. The van der Waals surface area contributed by atoms with E-state index in [0.717, 1.165) is 31.0 Å². The lowest BCUT2D eigenvalue weighted by atomic mass is 9.84. The number of guanidine groups is 1. The van der Waals surface area contributed by atoms with Crippen LogP contribution < -0.4 is 11.1 Å². The standard InChI is InChI=1S/C13H17F2N3S/c1-19-13(5-2-6-13)8-17-12(16)18-11-7-9(14)3-4-10(11)15/h3-4,7H,2,5-6,8H2,1H3,(H3,16,17,18). The first-order valence-corrected chi connectivity index (χ1v) is 7.34. The number of nitrogens with zero attached hydrogens (tertiary/aromatic N) is 1. The van der Waals surface area contributed by atoms with Crippen LogP contribution in [0.5, 0.6) is 0 Å². The van der Waals surface area contributed by atoms with Crippen molar-refractivity contribution >= 4 is 23.4 Å². The number of anilines is 1. The highest BCUT2D eigenvalue weighted by atomic mass is 32.2. The van der Waals surface area contributed by atoms with Crippen molar-refractivity contribution in [2.24, 2.45) is 10.7 Å². The van der Waals surface area contributed by atoms with E-state index in [4.69, 9.17) is 5.73 Å². The quantitative estimate of drug-likeness (QED) is 0.660. The van der Waals surface area contributed by atoms with Crippen LogP contribution in [0.1, 0.15) is 19.3 Å². The Hall–Kier alpha value is -1.30. The van der Waals surface area contributed by atoms with E-state index in [9.17, 15) is 8.78 Å². The molecule has 1 saturated carbocycles. The second kappa shape index (κ2) is 5.77. The predicted molar refractivity (Wildman–Crippen MR) is 76.6 cm³/mol. The van der Waals surface area contributed by atoms with Gasteiger partial charge in [-0.15, -0.1) is 0 Å².